The fourth-order valence-electron chi connectivity index (χ4n) is 1.75. The molecule has 8 nitrogen and oxygen atoms in total. The molecular weight excluding hydrogens is 288 g/mol. The van der Waals surface area contributed by atoms with E-state index in [2.05, 4.69) is 13.2 Å². The largest absolute Gasteiger partial charge is 0.334 e. The van der Waals surface area contributed by atoms with Crippen LogP contribution in [0.2, 0.25) is 0 Å². The summed E-state index contributed by atoms with van der Waals surface area (Å²) >= 11 is 0. The number of rotatable bonds is 7. The lowest BCUT2D eigenvalue weighted by molar-refractivity contribution is -0.385. The van der Waals surface area contributed by atoms with Crippen LogP contribution in [-0.4, -0.2) is 33.4 Å². The summed E-state index contributed by atoms with van der Waals surface area (Å²) in [6, 6.07) is 2.47. The monoisotopic (exact) mass is 302 g/mol. The molecule has 0 spiro atoms. The van der Waals surface area contributed by atoms with E-state index in [0.29, 0.717) is 0 Å². The van der Waals surface area contributed by atoms with Gasteiger partial charge in [-0.15, -0.1) is 13.2 Å². The highest BCUT2D eigenvalue weighted by Crippen LogP contribution is 2.10. The third-order valence-corrected chi connectivity index (χ3v) is 2.76. The Kier molecular flexibility index (Phi) is 5.77. The van der Waals surface area contributed by atoms with E-state index in [1.165, 1.54) is 17.1 Å². The Hall–Kier alpha value is -3.21. The molecular formula is C14H14N4O4. The van der Waals surface area contributed by atoms with Crippen molar-refractivity contribution < 1.29 is 9.72 Å². The summed E-state index contributed by atoms with van der Waals surface area (Å²) in [5, 5.41) is 19.7. The topological polar surface area (TPSA) is 109 Å². The molecule has 0 N–H and O–H groups in total. The van der Waals surface area contributed by atoms with E-state index in [-0.39, 0.29) is 18.7 Å². The second-order valence-corrected chi connectivity index (χ2v) is 4.29. The van der Waals surface area contributed by atoms with Crippen molar-refractivity contribution in [3.63, 3.8) is 0 Å². The predicted octanol–water partition coefficient (Wildman–Crippen LogP) is 0.829. The molecule has 0 bridgehead atoms. The number of nitro groups is 1. The molecule has 1 heterocycles. The first-order chi connectivity index (χ1) is 10.4. The molecule has 0 saturated heterocycles. The molecule has 0 saturated carbocycles. The fourth-order valence-corrected chi connectivity index (χ4v) is 1.75. The highest BCUT2D eigenvalue weighted by Gasteiger charge is 2.17. The Morgan fingerprint density at radius 1 is 1.45 bits per heavy atom. The molecule has 22 heavy (non-hydrogen) atoms. The minimum absolute atomic E-state index is 0.250. The van der Waals surface area contributed by atoms with Crippen LogP contribution in [0.25, 0.3) is 0 Å². The van der Waals surface area contributed by atoms with Crippen molar-refractivity contribution in [2.45, 2.75) is 6.54 Å². The molecule has 114 valence electrons. The van der Waals surface area contributed by atoms with Crippen molar-refractivity contribution in [3.8, 4) is 6.07 Å². The van der Waals surface area contributed by atoms with Crippen LogP contribution in [-0.2, 0) is 11.3 Å². The van der Waals surface area contributed by atoms with Crippen LogP contribution in [0.1, 0.15) is 5.56 Å². The zero-order chi connectivity index (χ0) is 16.7. The molecule has 0 aliphatic carbocycles. The minimum Gasteiger partial charge on any atom is -0.334 e. The van der Waals surface area contributed by atoms with E-state index in [1.807, 2.05) is 0 Å². The summed E-state index contributed by atoms with van der Waals surface area (Å²) in [6.07, 6.45) is 3.97. The third-order valence-electron chi connectivity index (χ3n) is 2.76. The minimum atomic E-state index is -0.751. The molecule has 1 amide bonds. The van der Waals surface area contributed by atoms with E-state index in [4.69, 9.17) is 5.26 Å². The van der Waals surface area contributed by atoms with Gasteiger partial charge in [0.1, 0.15) is 18.2 Å². The number of hydrogen-bond acceptors (Lipinski definition) is 5. The van der Waals surface area contributed by atoms with Gasteiger partial charge in [0, 0.05) is 19.2 Å². The molecule has 0 fully saturated rings. The quantitative estimate of drug-likeness (QED) is 0.421. The zero-order valence-electron chi connectivity index (χ0n) is 11.8. The van der Waals surface area contributed by atoms with Crippen molar-refractivity contribution >= 4 is 11.6 Å². The van der Waals surface area contributed by atoms with Crippen LogP contribution in [0.3, 0.4) is 0 Å². The van der Waals surface area contributed by atoms with E-state index < -0.39 is 28.6 Å². The molecule has 1 aromatic rings. The molecule has 1 rings (SSSR count). The summed E-state index contributed by atoms with van der Waals surface area (Å²) in [7, 11) is 0. The normalized spacial score (nSPS) is 9.59. The Balaban J connectivity index is 3.18. The summed E-state index contributed by atoms with van der Waals surface area (Å²) in [5.41, 5.74) is -1.57. The van der Waals surface area contributed by atoms with Gasteiger partial charge in [0.25, 0.3) is 11.2 Å². The lowest BCUT2D eigenvalue weighted by atomic mass is 10.2. The van der Waals surface area contributed by atoms with E-state index in [0.717, 1.165) is 16.8 Å². The number of amides is 1. The molecule has 0 aromatic carbocycles. The van der Waals surface area contributed by atoms with Gasteiger partial charge < -0.3 is 4.90 Å². The van der Waals surface area contributed by atoms with Crippen molar-refractivity contribution in [2.75, 3.05) is 13.1 Å². The van der Waals surface area contributed by atoms with Crippen molar-refractivity contribution in [1.29, 1.82) is 5.26 Å². The first-order valence-corrected chi connectivity index (χ1v) is 6.23. The highest BCUT2D eigenvalue weighted by atomic mass is 16.6. The smallest absolute Gasteiger partial charge is 0.287 e. The Morgan fingerprint density at radius 2 is 2.05 bits per heavy atom. The highest BCUT2D eigenvalue weighted by molar-refractivity contribution is 5.76. The van der Waals surface area contributed by atoms with Gasteiger partial charge in [0.05, 0.1) is 11.1 Å². The van der Waals surface area contributed by atoms with Crippen LogP contribution < -0.4 is 5.56 Å². The van der Waals surface area contributed by atoms with Gasteiger partial charge in [-0.2, -0.15) is 5.26 Å². The Morgan fingerprint density at radius 3 is 2.50 bits per heavy atom. The maximum atomic E-state index is 12.1. The second kappa shape index (κ2) is 7.54. The van der Waals surface area contributed by atoms with Gasteiger partial charge in [-0.25, -0.2) is 0 Å². The number of nitrogens with zero attached hydrogens (tertiary/aromatic N) is 4. The van der Waals surface area contributed by atoms with Crippen molar-refractivity contribution in [2.24, 2.45) is 0 Å². The lowest BCUT2D eigenvalue weighted by Crippen LogP contribution is -2.37. The summed E-state index contributed by atoms with van der Waals surface area (Å²) in [5.74, 6) is -0.439. The number of carbonyl (C=O) groups excluding carboxylic acids is 1. The fraction of sp³-hybridized carbons (Fsp3) is 0.214. The van der Waals surface area contributed by atoms with Crippen LogP contribution in [0.5, 0.6) is 0 Å². The SMILES string of the molecule is C=CCN(CC=C)C(=O)Cn1cc([N+](=O)[O-])cc(C#N)c1=O. The van der Waals surface area contributed by atoms with Crippen molar-refractivity contribution in [3.05, 3.63) is 63.6 Å². The summed E-state index contributed by atoms with van der Waals surface area (Å²) in [4.78, 5) is 35.6. The summed E-state index contributed by atoms with van der Waals surface area (Å²) < 4.78 is 0.859. The number of aromatic nitrogens is 1. The van der Waals surface area contributed by atoms with E-state index >= 15 is 0 Å². The maximum Gasteiger partial charge on any atom is 0.287 e. The van der Waals surface area contributed by atoms with Crippen LogP contribution >= 0.6 is 0 Å². The van der Waals surface area contributed by atoms with Crippen LogP contribution in [0, 0.1) is 21.4 Å². The number of carbonyl (C=O) groups is 1. The zero-order valence-corrected chi connectivity index (χ0v) is 11.8. The van der Waals surface area contributed by atoms with Crippen LogP contribution in [0.15, 0.2) is 42.4 Å². The first-order valence-electron chi connectivity index (χ1n) is 6.23. The molecule has 0 unspecified atom stereocenters. The second-order valence-electron chi connectivity index (χ2n) is 4.29. The van der Waals surface area contributed by atoms with Gasteiger partial charge in [-0.3, -0.25) is 24.3 Å². The average Bonchev–Trinajstić information content (AvgIpc) is 2.48. The van der Waals surface area contributed by atoms with E-state index in [1.54, 1.807) is 6.07 Å². The maximum absolute atomic E-state index is 12.1. The predicted molar refractivity (Wildman–Crippen MR) is 79.0 cm³/mol. The third kappa shape index (κ3) is 3.89. The van der Waals surface area contributed by atoms with Gasteiger partial charge in [-0.05, 0) is 0 Å². The van der Waals surface area contributed by atoms with E-state index in [9.17, 15) is 19.7 Å². The number of hydrogen-bond donors (Lipinski definition) is 0. The number of nitriles is 1. The Bertz CT molecular complexity index is 705. The molecule has 0 aliphatic rings. The van der Waals surface area contributed by atoms with Crippen LogP contribution in [0.4, 0.5) is 5.69 Å². The molecule has 0 aliphatic heterocycles. The Labute approximate surface area is 126 Å². The lowest BCUT2D eigenvalue weighted by Gasteiger charge is -2.19. The van der Waals surface area contributed by atoms with Gasteiger partial charge in [0.2, 0.25) is 5.91 Å². The standard InChI is InChI=1S/C14H14N4O4/c1-3-5-16(6-4-2)13(19)10-17-9-12(18(21)22)7-11(8-15)14(17)20/h3-4,7,9H,1-2,5-6,10H2. The summed E-state index contributed by atoms with van der Waals surface area (Å²) in [6.45, 7) is 7.14. The molecule has 0 atom stereocenters. The van der Waals surface area contributed by atoms with Gasteiger partial charge in [0.15, 0.2) is 0 Å². The average molecular weight is 302 g/mol. The molecule has 8 heteroatoms. The van der Waals surface area contributed by atoms with Gasteiger partial charge in [-0.1, -0.05) is 12.2 Å². The molecule has 1 aromatic heterocycles. The molecule has 0 radical (unpaired) electrons. The first kappa shape index (κ1) is 16.8. The number of pyridine rings is 1. The van der Waals surface area contributed by atoms with Crippen molar-refractivity contribution in [1.82, 2.24) is 9.47 Å². The van der Waals surface area contributed by atoms with Gasteiger partial charge >= 0.3 is 0 Å².